The zero-order valence-corrected chi connectivity index (χ0v) is 15.0. The summed E-state index contributed by atoms with van der Waals surface area (Å²) in [5, 5.41) is 14.0. The molecule has 5 heteroatoms. The Kier molecular flexibility index (Phi) is 5.19. The molecule has 5 nitrogen and oxygen atoms in total. The summed E-state index contributed by atoms with van der Waals surface area (Å²) in [4.78, 5) is 18.3. The number of nitrogens with zero attached hydrogens (tertiary/aromatic N) is 1. The standard InChI is InChI=1S/C21H23N3O2/c1-3-11-21(26,20-13-22-14-23-20)18-9-7-16(8-10-18)17-5-4-6-19(12-17)24-15(2)25/h4-10,12-14,26H,3,11H2,1-2H3,(H,22,23)(H,24,25). The van der Waals surface area contributed by atoms with Crippen LogP contribution >= 0.6 is 0 Å². The highest BCUT2D eigenvalue weighted by Crippen LogP contribution is 2.34. The zero-order chi connectivity index (χ0) is 18.6. The molecule has 2 aromatic carbocycles. The van der Waals surface area contributed by atoms with Crippen LogP contribution in [-0.2, 0) is 10.4 Å². The molecule has 0 bridgehead atoms. The van der Waals surface area contributed by atoms with Gasteiger partial charge in [0, 0.05) is 12.6 Å². The van der Waals surface area contributed by atoms with E-state index < -0.39 is 5.60 Å². The fourth-order valence-electron chi connectivity index (χ4n) is 3.20. The largest absolute Gasteiger partial charge is 0.379 e. The van der Waals surface area contributed by atoms with Gasteiger partial charge >= 0.3 is 0 Å². The minimum absolute atomic E-state index is 0.0957. The molecule has 0 aliphatic heterocycles. The van der Waals surface area contributed by atoms with Gasteiger partial charge in [0.25, 0.3) is 0 Å². The summed E-state index contributed by atoms with van der Waals surface area (Å²) in [5.74, 6) is -0.0957. The molecule has 0 spiro atoms. The molecule has 3 rings (SSSR count). The van der Waals surface area contributed by atoms with Crippen molar-refractivity contribution in [1.29, 1.82) is 0 Å². The third-order valence-electron chi connectivity index (χ3n) is 4.43. The van der Waals surface area contributed by atoms with Crippen molar-refractivity contribution in [2.75, 3.05) is 5.32 Å². The number of H-pyrrole nitrogens is 1. The molecule has 1 aromatic heterocycles. The minimum atomic E-state index is -1.08. The van der Waals surface area contributed by atoms with Gasteiger partial charge in [-0.05, 0) is 35.2 Å². The Balaban J connectivity index is 1.92. The maximum Gasteiger partial charge on any atom is 0.221 e. The minimum Gasteiger partial charge on any atom is -0.379 e. The molecule has 1 atom stereocenters. The van der Waals surface area contributed by atoms with Crippen LogP contribution in [-0.4, -0.2) is 21.0 Å². The number of carbonyl (C=O) groups excluding carboxylic acids is 1. The maximum absolute atomic E-state index is 11.2. The van der Waals surface area contributed by atoms with Crippen molar-refractivity contribution >= 4 is 11.6 Å². The van der Waals surface area contributed by atoms with E-state index in [1.165, 1.54) is 6.92 Å². The van der Waals surface area contributed by atoms with Crippen molar-refractivity contribution in [3.05, 3.63) is 72.3 Å². The van der Waals surface area contributed by atoms with Gasteiger partial charge in [-0.2, -0.15) is 0 Å². The fourth-order valence-corrected chi connectivity index (χ4v) is 3.20. The first-order chi connectivity index (χ1) is 12.5. The van der Waals surface area contributed by atoms with E-state index in [0.717, 1.165) is 28.8 Å². The van der Waals surface area contributed by atoms with Crippen molar-refractivity contribution in [3.63, 3.8) is 0 Å². The van der Waals surface area contributed by atoms with E-state index in [-0.39, 0.29) is 5.91 Å². The lowest BCUT2D eigenvalue weighted by Gasteiger charge is -2.27. The molecule has 3 aromatic rings. The molecule has 0 aliphatic carbocycles. The van der Waals surface area contributed by atoms with Gasteiger partial charge in [0.1, 0.15) is 5.60 Å². The summed E-state index contributed by atoms with van der Waals surface area (Å²) >= 11 is 0. The smallest absolute Gasteiger partial charge is 0.221 e. The summed E-state index contributed by atoms with van der Waals surface area (Å²) in [6.45, 7) is 3.54. The Hall–Kier alpha value is -2.92. The first-order valence-corrected chi connectivity index (χ1v) is 8.72. The second kappa shape index (κ2) is 7.54. The van der Waals surface area contributed by atoms with E-state index >= 15 is 0 Å². The van der Waals surface area contributed by atoms with Crippen LogP contribution in [0.2, 0.25) is 0 Å². The average Bonchev–Trinajstić information content (AvgIpc) is 3.17. The highest BCUT2D eigenvalue weighted by molar-refractivity contribution is 5.89. The molecule has 1 heterocycles. The van der Waals surface area contributed by atoms with Gasteiger partial charge in [0.2, 0.25) is 5.91 Å². The van der Waals surface area contributed by atoms with Crippen molar-refractivity contribution in [2.45, 2.75) is 32.3 Å². The SMILES string of the molecule is CCCC(O)(c1ccc(-c2cccc(NC(C)=O)c2)cc1)c1cnc[nH]1. The molecule has 0 saturated carbocycles. The Bertz CT molecular complexity index is 873. The number of carbonyl (C=O) groups is 1. The quantitative estimate of drug-likeness (QED) is 0.628. The van der Waals surface area contributed by atoms with E-state index in [2.05, 4.69) is 15.3 Å². The van der Waals surface area contributed by atoms with E-state index in [1.807, 2.05) is 55.5 Å². The van der Waals surface area contributed by atoms with E-state index in [4.69, 9.17) is 0 Å². The third-order valence-corrected chi connectivity index (χ3v) is 4.43. The van der Waals surface area contributed by atoms with E-state index in [1.54, 1.807) is 12.5 Å². The lowest BCUT2D eigenvalue weighted by Crippen LogP contribution is -2.27. The molecule has 134 valence electrons. The molecule has 26 heavy (non-hydrogen) atoms. The van der Waals surface area contributed by atoms with Crippen LogP contribution < -0.4 is 5.32 Å². The molecule has 0 radical (unpaired) electrons. The van der Waals surface area contributed by atoms with Crippen molar-refractivity contribution in [3.8, 4) is 11.1 Å². The Morgan fingerprint density at radius 2 is 1.96 bits per heavy atom. The number of rotatable bonds is 6. The van der Waals surface area contributed by atoms with Crippen LogP contribution in [0.3, 0.4) is 0 Å². The molecule has 0 aliphatic rings. The summed E-state index contributed by atoms with van der Waals surface area (Å²) in [7, 11) is 0. The number of benzene rings is 2. The van der Waals surface area contributed by atoms with Gasteiger partial charge in [0.15, 0.2) is 0 Å². The number of hydrogen-bond donors (Lipinski definition) is 3. The Morgan fingerprint density at radius 3 is 2.58 bits per heavy atom. The predicted octanol–water partition coefficient (Wildman–Crippen LogP) is 4.07. The second-order valence-electron chi connectivity index (χ2n) is 6.41. The molecule has 0 saturated heterocycles. The van der Waals surface area contributed by atoms with Gasteiger partial charge in [-0.1, -0.05) is 49.7 Å². The van der Waals surface area contributed by atoms with Crippen LogP contribution in [0.5, 0.6) is 0 Å². The van der Waals surface area contributed by atoms with Crippen LogP contribution in [0.4, 0.5) is 5.69 Å². The molecular weight excluding hydrogens is 326 g/mol. The number of aromatic nitrogens is 2. The van der Waals surface area contributed by atoms with Gasteiger partial charge in [-0.15, -0.1) is 0 Å². The van der Waals surface area contributed by atoms with Gasteiger partial charge in [-0.25, -0.2) is 4.98 Å². The summed E-state index contributed by atoms with van der Waals surface area (Å²) < 4.78 is 0. The maximum atomic E-state index is 11.2. The summed E-state index contributed by atoms with van der Waals surface area (Å²) in [6.07, 6.45) is 4.70. The number of hydrogen-bond acceptors (Lipinski definition) is 3. The number of imidazole rings is 1. The second-order valence-corrected chi connectivity index (χ2v) is 6.41. The van der Waals surface area contributed by atoms with Crippen LogP contribution in [0.15, 0.2) is 61.1 Å². The topological polar surface area (TPSA) is 78.0 Å². The van der Waals surface area contributed by atoms with Crippen LogP contribution in [0.1, 0.15) is 37.9 Å². The summed E-state index contributed by atoms with van der Waals surface area (Å²) in [6, 6.07) is 15.5. The normalized spacial score (nSPS) is 13.2. The first kappa shape index (κ1) is 17.9. The lowest BCUT2D eigenvalue weighted by molar-refractivity contribution is -0.114. The highest BCUT2D eigenvalue weighted by atomic mass is 16.3. The number of anilines is 1. The molecule has 1 amide bonds. The number of aromatic amines is 1. The van der Waals surface area contributed by atoms with E-state index in [0.29, 0.717) is 12.1 Å². The zero-order valence-electron chi connectivity index (χ0n) is 15.0. The predicted molar refractivity (Wildman–Crippen MR) is 103 cm³/mol. The van der Waals surface area contributed by atoms with Crippen molar-refractivity contribution < 1.29 is 9.90 Å². The van der Waals surface area contributed by atoms with E-state index in [9.17, 15) is 9.90 Å². The lowest BCUT2D eigenvalue weighted by atomic mass is 9.86. The van der Waals surface area contributed by atoms with Crippen LogP contribution in [0.25, 0.3) is 11.1 Å². The summed E-state index contributed by atoms with van der Waals surface area (Å²) in [5.41, 5.74) is 3.22. The van der Waals surface area contributed by atoms with Crippen LogP contribution in [0, 0.1) is 0 Å². The average molecular weight is 349 g/mol. The van der Waals surface area contributed by atoms with Gasteiger partial charge in [0.05, 0.1) is 18.2 Å². The number of nitrogens with one attached hydrogen (secondary N) is 2. The van der Waals surface area contributed by atoms with Crippen molar-refractivity contribution in [2.24, 2.45) is 0 Å². The molecule has 1 unspecified atom stereocenters. The Morgan fingerprint density at radius 1 is 1.19 bits per heavy atom. The molecule has 3 N–H and O–H groups in total. The monoisotopic (exact) mass is 349 g/mol. The number of aliphatic hydroxyl groups is 1. The van der Waals surface area contributed by atoms with Gasteiger partial charge < -0.3 is 15.4 Å². The molecule has 0 fully saturated rings. The third kappa shape index (κ3) is 3.68. The first-order valence-electron chi connectivity index (χ1n) is 8.72. The highest BCUT2D eigenvalue weighted by Gasteiger charge is 2.31. The molecular formula is C21H23N3O2. The number of amides is 1. The fraction of sp³-hybridized carbons (Fsp3) is 0.238. The Labute approximate surface area is 153 Å². The van der Waals surface area contributed by atoms with Crippen molar-refractivity contribution in [1.82, 2.24) is 9.97 Å². The van der Waals surface area contributed by atoms with Gasteiger partial charge in [-0.3, -0.25) is 4.79 Å².